The molecule has 6 aromatic rings. The third-order valence-corrected chi connectivity index (χ3v) is 7.26. The van der Waals surface area contributed by atoms with Crippen molar-refractivity contribution in [1.82, 2.24) is 0 Å². The average Bonchev–Trinajstić information content (AvgIpc) is 3.09. The average molecular weight is 554 g/mol. The van der Waals surface area contributed by atoms with Crippen molar-refractivity contribution in [1.29, 1.82) is 0 Å². The van der Waals surface area contributed by atoms with E-state index in [2.05, 4.69) is 126 Å². The second-order valence-corrected chi connectivity index (χ2v) is 10.2. The molecule has 43 heavy (non-hydrogen) atoms. The summed E-state index contributed by atoms with van der Waals surface area (Å²) in [5.74, 6) is 0.0352. The van der Waals surface area contributed by atoms with Crippen LogP contribution in [0.2, 0.25) is 0 Å². The van der Waals surface area contributed by atoms with Crippen LogP contribution in [0.5, 0.6) is 0 Å². The Morgan fingerprint density at radius 3 is 1.14 bits per heavy atom. The summed E-state index contributed by atoms with van der Waals surface area (Å²) in [5.41, 5.74) is 9.14. The number of hydrogen-bond donors (Lipinski definition) is 0. The molecule has 0 unspecified atom stereocenters. The van der Waals surface area contributed by atoms with E-state index in [0.717, 1.165) is 33.8 Å². The van der Waals surface area contributed by atoms with E-state index in [1.54, 1.807) is 0 Å². The molecule has 2 nitrogen and oxygen atoms in total. The number of benzene rings is 6. The maximum absolute atomic E-state index is 12.7. The lowest BCUT2D eigenvalue weighted by Gasteiger charge is -2.25. The Bertz CT molecular complexity index is 1820. The van der Waals surface area contributed by atoms with Gasteiger partial charge in [-0.05, 0) is 58.7 Å². The monoisotopic (exact) mass is 553 g/mol. The van der Waals surface area contributed by atoms with Gasteiger partial charge in [-0.3, -0.25) is 4.79 Å². The largest absolute Gasteiger partial charge is 0.311 e. The van der Waals surface area contributed by atoms with E-state index in [9.17, 15) is 4.79 Å². The van der Waals surface area contributed by atoms with Crippen LogP contribution in [0.1, 0.15) is 38.2 Å². The molecule has 0 saturated carbocycles. The summed E-state index contributed by atoms with van der Waals surface area (Å²) in [4.78, 5) is 15.0. The highest BCUT2D eigenvalue weighted by Crippen LogP contribution is 2.34. The minimum atomic E-state index is 0.0352. The van der Waals surface area contributed by atoms with Crippen LogP contribution < -0.4 is 4.90 Å². The number of rotatable bonds is 9. The van der Waals surface area contributed by atoms with Gasteiger partial charge in [-0.15, -0.1) is 0 Å². The lowest BCUT2D eigenvalue weighted by molar-refractivity contribution is 0.103. The summed E-state index contributed by atoms with van der Waals surface area (Å²) in [6.45, 7) is 0. The molecular formula is C41H31NO. The first-order chi connectivity index (χ1) is 21.2. The number of anilines is 3. The van der Waals surface area contributed by atoms with Crippen molar-refractivity contribution in [3.63, 3.8) is 0 Å². The molecule has 0 aromatic heterocycles. The SMILES string of the molecule is O=C(c1ccccc1)c1ccc(/C=C/c2ccc(N(c3ccccc3)c3ccc(/C=C/c4ccccc4)cc3)cc2)cc1. The zero-order valence-electron chi connectivity index (χ0n) is 23.8. The highest BCUT2D eigenvalue weighted by Gasteiger charge is 2.12. The second-order valence-electron chi connectivity index (χ2n) is 10.2. The van der Waals surface area contributed by atoms with Gasteiger partial charge in [-0.1, -0.05) is 152 Å². The van der Waals surface area contributed by atoms with Crippen molar-refractivity contribution in [3.8, 4) is 0 Å². The van der Waals surface area contributed by atoms with Gasteiger partial charge in [-0.2, -0.15) is 0 Å². The third-order valence-electron chi connectivity index (χ3n) is 7.26. The number of nitrogens with zero attached hydrogens (tertiary/aromatic N) is 1. The van der Waals surface area contributed by atoms with Crippen LogP contribution in [0.3, 0.4) is 0 Å². The molecule has 0 atom stereocenters. The fraction of sp³-hybridized carbons (Fsp3) is 0. The molecular weight excluding hydrogens is 522 g/mol. The van der Waals surface area contributed by atoms with Crippen LogP contribution in [0, 0.1) is 0 Å². The molecule has 0 fully saturated rings. The van der Waals surface area contributed by atoms with Gasteiger partial charge in [0.05, 0.1) is 0 Å². The van der Waals surface area contributed by atoms with E-state index < -0.39 is 0 Å². The van der Waals surface area contributed by atoms with E-state index >= 15 is 0 Å². The molecule has 0 aliphatic heterocycles. The van der Waals surface area contributed by atoms with E-state index in [4.69, 9.17) is 0 Å². The third kappa shape index (κ3) is 6.95. The van der Waals surface area contributed by atoms with E-state index in [0.29, 0.717) is 11.1 Å². The molecule has 0 bridgehead atoms. The van der Waals surface area contributed by atoms with Crippen molar-refractivity contribution in [2.75, 3.05) is 4.90 Å². The fourth-order valence-corrected chi connectivity index (χ4v) is 4.94. The summed E-state index contributed by atoms with van der Waals surface area (Å²) in [6, 6.07) is 55.1. The first kappa shape index (κ1) is 27.4. The number of ketones is 1. The minimum absolute atomic E-state index is 0.0352. The molecule has 6 rings (SSSR count). The van der Waals surface area contributed by atoms with Gasteiger partial charge in [0.15, 0.2) is 5.78 Å². The molecule has 0 aliphatic rings. The smallest absolute Gasteiger partial charge is 0.193 e. The van der Waals surface area contributed by atoms with Crippen LogP contribution in [0.15, 0.2) is 164 Å². The zero-order chi connectivity index (χ0) is 29.3. The van der Waals surface area contributed by atoms with Crippen molar-refractivity contribution in [2.24, 2.45) is 0 Å². The van der Waals surface area contributed by atoms with E-state index in [-0.39, 0.29) is 5.78 Å². The van der Waals surface area contributed by atoms with Gasteiger partial charge in [-0.25, -0.2) is 0 Å². The molecule has 206 valence electrons. The fourth-order valence-electron chi connectivity index (χ4n) is 4.94. The van der Waals surface area contributed by atoms with Crippen molar-refractivity contribution in [2.45, 2.75) is 0 Å². The Hall–Kier alpha value is -5.73. The quantitative estimate of drug-likeness (QED) is 0.131. The van der Waals surface area contributed by atoms with Crippen molar-refractivity contribution in [3.05, 3.63) is 197 Å². The lowest BCUT2D eigenvalue weighted by Crippen LogP contribution is -2.09. The van der Waals surface area contributed by atoms with Crippen LogP contribution in [-0.2, 0) is 0 Å². The van der Waals surface area contributed by atoms with Gasteiger partial charge in [0.1, 0.15) is 0 Å². The van der Waals surface area contributed by atoms with Gasteiger partial charge in [0.25, 0.3) is 0 Å². The predicted octanol–water partition coefficient (Wildman–Crippen LogP) is 10.7. The van der Waals surface area contributed by atoms with Gasteiger partial charge in [0.2, 0.25) is 0 Å². The Labute approximate surface area is 253 Å². The lowest BCUT2D eigenvalue weighted by atomic mass is 10.0. The number of carbonyl (C=O) groups is 1. The topological polar surface area (TPSA) is 20.3 Å². The Morgan fingerprint density at radius 1 is 0.349 bits per heavy atom. The number of hydrogen-bond acceptors (Lipinski definition) is 2. The molecule has 0 radical (unpaired) electrons. The minimum Gasteiger partial charge on any atom is -0.311 e. The molecule has 0 amide bonds. The van der Waals surface area contributed by atoms with Crippen LogP contribution in [0.25, 0.3) is 24.3 Å². The zero-order valence-corrected chi connectivity index (χ0v) is 23.8. The molecule has 6 aromatic carbocycles. The normalized spacial score (nSPS) is 11.2. The summed E-state index contributed by atoms with van der Waals surface area (Å²) < 4.78 is 0. The van der Waals surface area contributed by atoms with Gasteiger partial charge >= 0.3 is 0 Å². The summed E-state index contributed by atoms with van der Waals surface area (Å²) in [5, 5.41) is 0. The second kappa shape index (κ2) is 13.3. The standard InChI is InChI=1S/C41H31NO/c43-41(36-12-6-2-7-13-36)37-26-20-33(21-27-37)18-19-35-24-30-40(31-25-35)42(38-14-8-3-9-15-38)39-28-22-34(23-29-39)17-16-32-10-4-1-5-11-32/h1-31H/b17-16+,19-18+. The van der Waals surface area contributed by atoms with Crippen molar-refractivity contribution >= 4 is 47.1 Å². The highest BCUT2D eigenvalue weighted by molar-refractivity contribution is 6.09. The van der Waals surface area contributed by atoms with E-state index in [1.807, 2.05) is 66.7 Å². The molecule has 0 heterocycles. The highest BCUT2D eigenvalue weighted by atomic mass is 16.1. The molecule has 0 aliphatic carbocycles. The maximum atomic E-state index is 12.7. The summed E-state index contributed by atoms with van der Waals surface area (Å²) in [7, 11) is 0. The van der Waals surface area contributed by atoms with Crippen LogP contribution in [-0.4, -0.2) is 5.78 Å². The van der Waals surface area contributed by atoms with Gasteiger partial charge < -0.3 is 4.90 Å². The van der Waals surface area contributed by atoms with Crippen LogP contribution in [0.4, 0.5) is 17.1 Å². The Morgan fingerprint density at radius 2 is 0.674 bits per heavy atom. The first-order valence-electron chi connectivity index (χ1n) is 14.4. The first-order valence-corrected chi connectivity index (χ1v) is 14.4. The predicted molar refractivity (Wildman–Crippen MR) is 182 cm³/mol. The summed E-state index contributed by atoms with van der Waals surface area (Å²) >= 11 is 0. The molecule has 0 saturated heterocycles. The Balaban J connectivity index is 1.18. The molecule has 0 spiro atoms. The summed E-state index contributed by atoms with van der Waals surface area (Å²) in [6.07, 6.45) is 8.44. The number of para-hydroxylation sites is 1. The van der Waals surface area contributed by atoms with Gasteiger partial charge in [0, 0.05) is 28.2 Å². The molecule has 0 N–H and O–H groups in total. The maximum Gasteiger partial charge on any atom is 0.193 e. The Kier molecular flexibility index (Phi) is 8.48. The molecule has 2 heteroatoms. The van der Waals surface area contributed by atoms with E-state index in [1.165, 1.54) is 5.56 Å². The van der Waals surface area contributed by atoms with Crippen molar-refractivity contribution < 1.29 is 4.79 Å². The van der Waals surface area contributed by atoms with Crippen LogP contribution >= 0.6 is 0 Å². The number of carbonyl (C=O) groups excluding carboxylic acids is 1.